The fourth-order valence-electron chi connectivity index (χ4n) is 3.93. The third-order valence-electron chi connectivity index (χ3n) is 5.58. The van der Waals surface area contributed by atoms with Crippen LogP contribution >= 0.6 is 0 Å². The molecule has 3 aromatic rings. The van der Waals surface area contributed by atoms with E-state index < -0.39 is 6.23 Å². The fraction of sp³-hybridized carbons (Fsp3) is 0.115. The number of phenols is 1. The van der Waals surface area contributed by atoms with Crippen molar-refractivity contribution in [2.75, 3.05) is 0 Å². The summed E-state index contributed by atoms with van der Waals surface area (Å²) in [5.74, 6) is 0.566. The van der Waals surface area contributed by atoms with E-state index in [2.05, 4.69) is 5.32 Å². The Bertz CT molecular complexity index is 1220. The first-order valence-electron chi connectivity index (χ1n) is 10.4. The molecule has 2 heterocycles. The molecular weight excluding hydrogens is 405 g/mol. The van der Waals surface area contributed by atoms with Crippen molar-refractivity contribution in [3.05, 3.63) is 119 Å². The maximum atomic E-state index is 13.3. The standard InChI is InChI=1S/C26H22FN3O2/c27-20-10-6-18(7-11-20)15-23-26(32)30-16-24(19-8-12-21(31)13-9-19)28-22(25(30)29-23)14-17-4-2-1-3-5-17/h1-13,16,26,28,31-32H,14-15H2. The molecule has 2 aliphatic rings. The van der Waals surface area contributed by atoms with Gasteiger partial charge in [-0.2, -0.15) is 0 Å². The van der Waals surface area contributed by atoms with Crippen molar-refractivity contribution >= 4 is 11.4 Å². The van der Waals surface area contributed by atoms with Crippen LogP contribution in [0.5, 0.6) is 5.75 Å². The zero-order valence-corrected chi connectivity index (χ0v) is 17.2. The van der Waals surface area contributed by atoms with Crippen LogP contribution in [0.1, 0.15) is 16.7 Å². The van der Waals surface area contributed by atoms with Gasteiger partial charge in [0.15, 0.2) is 12.0 Å². The summed E-state index contributed by atoms with van der Waals surface area (Å²) in [4.78, 5) is 6.52. The molecule has 32 heavy (non-hydrogen) atoms. The third-order valence-corrected chi connectivity index (χ3v) is 5.58. The molecule has 2 aliphatic heterocycles. The number of aliphatic imine (C=N–C) groups is 1. The van der Waals surface area contributed by atoms with Crippen LogP contribution in [0.25, 0.3) is 5.70 Å². The smallest absolute Gasteiger partial charge is 0.172 e. The Morgan fingerprint density at radius 1 is 0.875 bits per heavy atom. The zero-order valence-electron chi connectivity index (χ0n) is 17.2. The van der Waals surface area contributed by atoms with Crippen LogP contribution in [0, 0.1) is 5.82 Å². The number of hydrogen-bond donors (Lipinski definition) is 3. The molecule has 1 atom stereocenters. The molecule has 0 saturated carbocycles. The molecule has 5 rings (SSSR count). The van der Waals surface area contributed by atoms with Gasteiger partial charge in [-0.15, -0.1) is 0 Å². The Hall–Kier alpha value is -3.90. The maximum absolute atomic E-state index is 13.3. The lowest BCUT2D eigenvalue weighted by atomic mass is 10.1. The Kier molecular flexibility index (Phi) is 5.21. The van der Waals surface area contributed by atoms with Crippen molar-refractivity contribution in [2.45, 2.75) is 19.1 Å². The highest BCUT2D eigenvalue weighted by Crippen LogP contribution is 2.32. The van der Waals surface area contributed by atoms with Gasteiger partial charge in [-0.1, -0.05) is 42.5 Å². The van der Waals surface area contributed by atoms with E-state index in [0.717, 1.165) is 28.1 Å². The minimum Gasteiger partial charge on any atom is -0.508 e. The molecule has 160 valence electrons. The number of nitrogens with one attached hydrogen (secondary N) is 1. The second kappa shape index (κ2) is 8.32. The van der Waals surface area contributed by atoms with Gasteiger partial charge in [0.05, 0.1) is 17.1 Å². The van der Waals surface area contributed by atoms with Gasteiger partial charge in [0.2, 0.25) is 0 Å². The number of fused-ring (bicyclic) bond motifs is 1. The van der Waals surface area contributed by atoms with Gasteiger partial charge in [0, 0.05) is 19.0 Å². The predicted molar refractivity (Wildman–Crippen MR) is 122 cm³/mol. The number of halogens is 1. The molecule has 5 nitrogen and oxygen atoms in total. The maximum Gasteiger partial charge on any atom is 0.172 e. The molecule has 3 N–H and O–H groups in total. The van der Waals surface area contributed by atoms with E-state index in [1.165, 1.54) is 12.1 Å². The van der Waals surface area contributed by atoms with Crippen molar-refractivity contribution in [3.63, 3.8) is 0 Å². The largest absolute Gasteiger partial charge is 0.508 e. The number of rotatable bonds is 5. The number of aliphatic hydroxyl groups excluding tert-OH is 1. The summed E-state index contributed by atoms with van der Waals surface area (Å²) in [6.07, 6.45) is 1.95. The lowest BCUT2D eigenvalue weighted by Gasteiger charge is -2.29. The molecule has 0 radical (unpaired) electrons. The topological polar surface area (TPSA) is 68.1 Å². The summed E-state index contributed by atoms with van der Waals surface area (Å²) in [7, 11) is 0. The minimum atomic E-state index is -0.921. The average Bonchev–Trinajstić information content (AvgIpc) is 3.12. The summed E-state index contributed by atoms with van der Waals surface area (Å²) in [6.45, 7) is 0. The van der Waals surface area contributed by atoms with Gasteiger partial charge in [0.1, 0.15) is 11.6 Å². The van der Waals surface area contributed by atoms with Gasteiger partial charge in [0.25, 0.3) is 0 Å². The third kappa shape index (κ3) is 4.00. The summed E-state index contributed by atoms with van der Waals surface area (Å²) in [5, 5.41) is 24.2. The minimum absolute atomic E-state index is 0.192. The molecule has 0 fully saturated rings. The summed E-state index contributed by atoms with van der Waals surface area (Å²) < 4.78 is 13.3. The molecule has 0 spiro atoms. The number of allylic oxidation sites excluding steroid dienone is 1. The van der Waals surface area contributed by atoms with Gasteiger partial charge >= 0.3 is 0 Å². The average molecular weight is 427 g/mol. The number of aromatic hydroxyl groups is 1. The van der Waals surface area contributed by atoms with E-state index in [1.54, 1.807) is 29.2 Å². The Morgan fingerprint density at radius 3 is 2.28 bits per heavy atom. The van der Waals surface area contributed by atoms with E-state index in [9.17, 15) is 14.6 Å². The van der Waals surface area contributed by atoms with Crippen LogP contribution in [0.3, 0.4) is 0 Å². The van der Waals surface area contributed by atoms with Crippen molar-refractivity contribution in [2.24, 2.45) is 4.99 Å². The van der Waals surface area contributed by atoms with E-state index in [4.69, 9.17) is 4.99 Å². The Morgan fingerprint density at radius 2 is 1.56 bits per heavy atom. The van der Waals surface area contributed by atoms with Gasteiger partial charge < -0.3 is 15.5 Å². The lowest BCUT2D eigenvalue weighted by molar-refractivity contribution is 0.129. The van der Waals surface area contributed by atoms with Crippen LogP contribution < -0.4 is 5.32 Å². The van der Waals surface area contributed by atoms with Crippen LogP contribution in [0.2, 0.25) is 0 Å². The van der Waals surface area contributed by atoms with Crippen molar-refractivity contribution in [1.82, 2.24) is 10.2 Å². The molecule has 0 aliphatic carbocycles. The molecule has 0 saturated heterocycles. The Balaban J connectivity index is 1.51. The Labute approximate surface area is 185 Å². The molecule has 6 heteroatoms. The molecule has 0 amide bonds. The van der Waals surface area contributed by atoms with Crippen LogP contribution in [-0.2, 0) is 12.8 Å². The highest BCUT2D eigenvalue weighted by molar-refractivity contribution is 5.93. The molecule has 3 aromatic carbocycles. The van der Waals surface area contributed by atoms with Crippen LogP contribution in [0.4, 0.5) is 4.39 Å². The lowest BCUT2D eigenvalue weighted by Crippen LogP contribution is -2.36. The van der Waals surface area contributed by atoms with E-state index in [-0.39, 0.29) is 11.6 Å². The molecule has 0 bridgehead atoms. The first-order chi connectivity index (χ1) is 15.6. The second-order valence-corrected chi connectivity index (χ2v) is 7.87. The summed E-state index contributed by atoms with van der Waals surface area (Å²) >= 11 is 0. The van der Waals surface area contributed by atoms with Crippen LogP contribution in [-0.4, -0.2) is 27.1 Å². The molecule has 0 aromatic heterocycles. The van der Waals surface area contributed by atoms with E-state index in [0.29, 0.717) is 24.4 Å². The SMILES string of the molecule is Oc1ccc(C2=CN3C(=C(Cc4ccccc4)N2)N=C(Cc2ccc(F)cc2)C3O)cc1. The fourth-order valence-corrected chi connectivity index (χ4v) is 3.93. The monoisotopic (exact) mass is 427 g/mol. The number of phenolic OH excluding ortho intramolecular Hbond substituents is 1. The number of aliphatic hydroxyl groups is 1. The van der Waals surface area contributed by atoms with E-state index in [1.807, 2.05) is 48.7 Å². The highest BCUT2D eigenvalue weighted by atomic mass is 19.1. The van der Waals surface area contributed by atoms with Gasteiger partial charge in [-0.25, -0.2) is 9.38 Å². The summed E-state index contributed by atoms with van der Waals surface area (Å²) in [6, 6.07) is 23.2. The normalized spacial score (nSPS) is 17.6. The highest BCUT2D eigenvalue weighted by Gasteiger charge is 2.34. The predicted octanol–water partition coefficient (Wildman–Crippen LogP) is 4.16. The molecular formula is C26H22FN3O2. The number of benzene rings is 3. The van der Waals surface area contributed by atoms with Crippen molar-refractivity contribution < 1.29 is 14.6 Å². The van der Waals surface area contributed by atoms with Crippen LogP contribution in [0.15, 0.2) is 102 Å². The zero-order chi connectivity index (χ0) is 22.1. The van der Waals surface area contributed by atoms with Crippen molar-refractivity contribution in [1.29, 1.82) is 0 Å². The number of nitrogens with zero attached hydrogens (tertiary/aromatic N) is 2. The quantitative estimate of drug-likeness (QED) is 0.572. The first-order valence-corrected chi connectivity index (χ1v) is 10.4. The second-order valence-electron chi connectivity index (χ2n) is 7.87. The van der Waals surface area contributed by atoms with E-state index >= 15 is 0 Å². The van der Waals surface area contributed by atoms with Gasteiger partial charge in [-0.3, -0.25) is 4.90 Å². The number of hydrogen-bond acceptors (Lipinski definition) is 5. The molecule has 1 unspecified atom stereocenters. The summed E-state index contributed by atoms with van der Waals surface area (Å²) in [5.41, 5.74) is 5.15. The van der Waals surface area contributed by atoms with Gasteiger partial charge in [-0.05, 0) is 53.1 Å². The van der Waals surface area contributed by atoms with Crippen molar-refractivity contribution in [3.8, 4) is 5.75 Å². The first kappa shape index (κ1) is 20.0.